The monoisotopic (exact) mass is 249 g/mol. The van der Waals surface area contributed by atoms with Crippen molar-refractivity contribution < 1.29 is 4.39 Å². The molecule has 0 aliphatic heterocycles. The number of thiophene rings is 1. The van der Waals surface area contributed by atoms with Crippen molar-refractivity contribution in [2.24, 2.45) is 11.7 Å². The van der Waals surface area contributed by atoms with Gasteiger partial charge in [0.15, 0.2) is 0 Å². The van der Waals surface area contributed by atoms with E-state index in [0.717, 1.165) is 10.1 Å². The summed E-state index contributed by atoms with van der Waals surface area (Å²) in [4.78, 5) is 1.21. The average molecular weight is 249 g/mol. The number of benzene rings is 1. The third-order valence-corrected chi connectivity index (χ3v) is 4.95. The Hall–Kier alpha value is -0.930. The third kappa shape index (κ3) is 2.09. The molecule has 2 N–H and O–H groups in total. The van der Waals surface area contributed by atoms with Crippen LogP contribution in [0.15, 0.2) is 24.3 Å². The summed E-state index contributed by atoms with van der Waals surface area (Å²) in [5, 5.41) is 0.985. The predicted octanol–water partition coefficient (Wildman–Crippen LogP) is 4.23. The minimum Gasteiger partial charge on any atom is -0.323 e. The van der Waals surface area contributed by atoms with Crippen LogP contribution in [0.25, 0.3) is 10.1 Å². The number of nitrogens with two attached hydrogens (primary N) is 1. The van der Waals surface area contributed by atoms with Crippen LogP contribution in [0.2, 0.25) is 0 Å². The molecule has 1 nitrogen and oxygen atoms in total. The number of rotatable bonds is 2. The Morgan fingerprint density at radius 2 is 2.00 bits per heavy atom. The topological polar surface area (TPSA) is 26.0 Å². The van der Waals surface area contributed by atoms with Crippen LogP contribution in [0.3, 0.4) is 0 Å². The lowest BCUT2D eigenvalue weighted by Gasteiger charge is -2.16. The Kier molecular flexibility index (Phi) is 2.89. The van der Waals surface area contributed by atoms with Gasteiger partial charge in [-0.1, -0.05) is 12.8 Å². The second-order valence-corrected chi connectivity index (χ2v) is 6.02. The predicted molar refractivity (Wildman–Crippen MR) is 70.7 cm³/mol. The molecule has 0 amide bonds. The lowest BCUT2D eigenvalue weighted by molar-refractivity contribution is 0.450. The Bertz CT molecular complexity index is 528. The minimum absolute atomic E-state index is 0.137. The van der Waals surface area contributed by atoms with Crippen molar-refractivity contribution in [3.8, 4) is 0 Å². The molecule has 1 aliphatic carbocycles. The molecule has 1 heterocycles. The highest BCUT2D eigenvalue weighted by atomic mass is 32.1. The molecule has 1 atom stereocenters. The zero-order valence-corrected chi connectivity index (χ0v) is 10.5. The molecule has 0 saturated heterocycles. The molecule has 1 aromatic heterocycles. The van der Waals surface area contributed by atoms with Crippen molar-refractivity contribution in [2.45, 2.75) is 31.7 Å². The fourth-order valence-electron chi connectivity index (χ4n) is 2.75. The van der Waals surface area contributed by atoms with E-state index in [1.54, 1.807) is 17.4 Å². The number of fused-ring (bicyclic) bond motifs is 1. The Labute approximate surface area is 104 Å². The molecule has 3 heteroatoms. The van der Waals surface area contributed by atoms with Crippen LogP contribution in [-0.4, -0.2) is 0 Å². The van der Waals surface area contributed by atoms with Gasteiger partial charge in [-0.15, -0.1) is 11.3 Å². The van der Waals surface area contributed by atoms with Crippen LogP contribution in [0.1, 0.15) is 36.6 Å². The van der Waals surface area contributed by atoms with Gasteiger partial charge in [-0.25, -0.2) is 4.39 Å². The minimum atomic E-state index is -0.170. The molecule has 1 fully saturated rings. The van der Waals surface area contributed by atoms with Gasteiger partial charge in [0, 0.05) is 15.6 Å². The average Bonchev–Trinajstić information content (AvgIpc) is 2.96. The molecule has 0 bridgehead atoms. The first kappa shape index (κ1) is 11.2. The van der Waals surface area contributed by atoms with Crippen molar-refractivity contribution in [3.63, 3.8) is 0 Å². The molecule has 1 aromatic carbocycles. The fourth-order valence-corrected chi connectivity index (χ4v) is 3.89. The van der Waals surface area contributed by atoms with E-state index in [9.17, 15) is 4.39 Å². The summed E-state index contributed by atoms with van der Waals surface area (Å²) in [5.74, 6) is 0.448. The van der Waals surface area contributed by atoms with Crippen molar-refractivity contribution >= 4 is 21.4 Å². The maximum Gasteiger partial charge on any atom is 0.123 e. The lowest BCUT2D eigenvalue weighted by atomic mass is 9.97. The summed E-state index contributed by atoms with van der Waals surface area (Å²) in [5.41, 5.74) is 6.32. The van der Waals surface area contributed by atoms with E-state index in [0.29, 0.717) is 5.92 Å². The molecule has 1 saturated carbocycles. The molecule has 0 spiro atoms. The molecule has 0 radical (unpaired) electrons. The summed E-state index contributed by atoms with van der Waals surface area (Å²) in [6, 6.07) is 7.16. The highest BCUT2D eigenvalue weighted by molar-refractivity contribution is 7.19. The van der Waals surface area contributed by atoms with Gasteiger partial charge in [-0.3, -0.25) is 0 Å². The first-order valence-electron chi connectivity index (χ1n) is 6.18. The summed E-state index contributed by atoms with van der Waals surface area (Å²) in [7, 11) is 0. The standard InChI is InChI=1S/C14H16FNS/c15-11-5-6-12-10(7-11)8-13(17-12)14(16)9-3-1-2-4-9/h5-9,14H,1-4,16H2. The van der Waals surface area contributed by atoms with Crippen molar-refractivity contribution in [1.82, 2.24) is 0 Å². The summed E-state index contributed by atoms with van der Waals surface area (Å²) in [6.07, 6.45) is 5.09. The smallest absolute Gasteiger partial charge is 0.123 e. The highest BCUT2D eigenvalue weighted by Crippen LogP contribution is 2.38. The van der Waals surface area contributed by atoms with Crippen molar-refractivity contribution in [2.75, 3.05) is 0 Å². The van der Waals surface area contributed by atoms with Crippen molar-refractivity contribution in [3.05, 3.63) is 35.0 Å². The largest absolute Gasteiger partial charge is 0.323 e. The van der Waals surface area contributed by atoms with E-state index in [-0.39, 0.29) is 11.9 Å². The number of halogens is 1. The van der Waals surface area contributed by atoms with Gasteiger partial charge in [0.25, 0.3) is 0 Å². The number of hydrogen-bond donors (Lipinski definition) is 1. The fraction of sp³-hybridized carbons (Fsp3) is 0.429. The first-order valence-corrected chi connectivity index (χ1v) is 7.00. The second kappa shape index (κ2) is 4.39. The molecule has 1 aliphatic rings. The Balaban J connectivity index is 1.94. The highest BCUT2D eigenvalue weighted by Gasteiger charge is 2.24. The molecular formula is C14H16FNS. The second-order valence-electron chi connectivity index (χ2n) is 4.90. The molecule has 90 valence electrons. The maximum atomic E-state index is 13.1. The third-order valence-electron chi connectivity index (χ3n) is 3.73. The van der Waals surface area contributed by atoms with E-state index in [1.807, 2.05) is 6.07 Å². The van der Waals surface area contributed by atoms with Gasteiger partial charge in [0.2, 0.25) is 0 Å². The first-order chi connectivity index (χ1) is 8.24. The SMILES string of the molecule is NC(c1cc2cc(F)ccc2s1)C1CCCC1. The van der Waals surface area contributed by atoms with Gasteiger partial charge in [0.05, 0.1) is 0 Å². The summed E-state index contributed by atoms with van der Waals surface area (Å²) in [6.45, 7) is 0. The molecule has 17 heavy (non-hydrogen) atoms. The summed E-state index contributed by atoms with van der Waals surface area (Å²) < 4.78 is 14.3. The maximum absolute atomic E-state index is 13.1. The zero-order chi connectivity index (χ0) is 11.8. The molecule has 2 aromatic rings. The van der Waals surface area contributed by atoms with Gasteiger partial charge < -0.3 is 5.73 Å². The lowest BCUT2D eigenvalue weighted by Crippen LogP contribution is -2.17. The Morgan fingerprint density at radius 3 is 2.76 bits per heavy atom. The van der Waals surface area contributed by atoms with Gasteiger partial charge in [-0.05, 0) is 48.4 Å². The molecule has 3 rings (SSSR count). The van der Waals surface area contributed by atoms with Gasteiger partial charge in [-0.2, -0.15) is 0 Å². The molecular weight excluding hydrogens is 233 g/mol. The van der Waals surface area contributed by atoms with Crippen LogP contribution >= 0.6 is 11.3 Å². The van der Waals surface area contributed by atoms with Crippen LogP contribution < -0.4 is 5.73 Å². The van der Waals surface area contributed by atoms with E-state index in [4.69, 9.17) is 5.73 Å². The van der Waals surface area contributed by atoms with Crippen LogP contribution in [0, 0.1) is 11.7 Å². The van der Waals surface area contributed by atoms with E-state index < -0.39 is 0 Å². The van der Waals surface area contributed by atoms with Crippen LogP contribution in [0.4, 0.5) is 4.39 Å². The van der Waals surface area contributed by atoms with Crippen molar-refractivity contribution in [1.29, 1.82) is 0 Å². The van der Waals surface area contributed by atoms with Gasteiger partial charge >= 0.3 is 0 Å². The van der Waals surface area contributed by atoms with E-state index >= 15 is 0 Å². The quantitative estimate of drug-likeness (QED) is 0.846. The van der Waals surface area contributed by atoms with E-state index in [2.05, 4.69) is 6.07 Å². The zero-order valence-electron chi connectivity index (χ0n) is 9.66. The van der Waals surface area contributed by atoms with Gasteiger partial charge in [0.1, 0.15) is 5.82 Å². The number of hydrogen-bond acceptors (Lipinski definition) is 2. The normalized spacial score (nSPS) is 18.9. The molecule has 1 unspecified atom stereocenters. The van der Waals surface area contributed by atoms with E-state index in [1.165, 1.54) is 36.6 Å². The summed E-state index contributed by atoms with van der Waals surface area (Å²) >= 11 is 1.71. The van der Waals surface area contributed by atoms with Crippen LogP contribution in [0.5, 0.6) is 0 Å². The Morgan fingerprint density at radius 1 is 1.24 bits per heavy atom. The van der Waals surface area contributed by atoms with Crippen LogP contribution in [-0.2, 0) is 0 Å².